The number of carbonyl (C=O) groups excluding carboxylic acids is 5. The minimum atomic E-state index is -1.00. The van der Waals surface area contributed by atoms with E-state index in [9.17, 15) is 24.0 Å². The Morgan fingerprint density at radius 2 is 1.21 bits per heavy atom. The number of hydrogen-bond acceptors (Lipinski definition) is 13. The van der Waals surface area contributed by atoms with Gasteiger partial charge in [-0.2, -0.15) is 5.21 Å². The average molecular weight is 826 g/mol. The molecule has 0 bridgehead atoms. The number of tetrazole rings is 1. The molecule has 0 aliphatic heterocycles. The molecule has 1 aromatic rings. The predicted octanol–water partition coefficient (Wildman–Crippen LogP) is 2.60. The van der Waals surface area contributed by atoms with Crippen molar-refractivity contribution in [3.63, 3.8) is 0 Å². The van der Waals surface area contributed by atoms with Crippen LogP contribution in [0.3, 0.4) is 0 Å². The number of Topliss-reactive ketones (excluding diaryl/α,β-unsaturated/α-hetero) is 1. The summed E-state index contributed by atoms with van der Waals surface area (Å²) < 4.78 is 21.6. The Morgan fingerprint density at radius 3 is 1.79 bits per heavy atom. The Balaban J connectivity index is 1.85. The average Bonchev–Trinajstić information content (AvgIpc) is 3.75. The molecule has 0 aliphatic carbocycles. The van der Waals surface area contributed by atoms with Crippen LogP contribution in [0.4, 0.5) is 0 Å². The second kappa shape index (κ2) is 37.7. The fraction of sp³-hybridized carbons (Fsp3) is 0.850. The molecule has 334 valence electrons. The van der Waals surface area contributed by atoms with Gasteiger partial charge in [0.05, 0.1) is 33.0 Å². The summed E-state index contributed by atoms with van der Waals surface area (Å²) in [4.78, 5) is 61.0. The topological polar surface area (TPSA) is 251 Å². The molecule has 0 unspecified atom stereocenters. The first-order valence-corrected chi connectivity index (χ1v) is 21.6. The summed E-state index contributed by atoms with van der Waals surface area (Å²) in [5, 5.41) is 24.4. The normalized spacial score (nSPS) is 12.2. The summed E-state index contributed by atoms with van der Waals surface area (Å²) in [5.41, 5.74) is 5.67. The van der Waals surface area contributed by atoms with Crippen molar-refractivity contribution in [2.45, 2.75) is 147 Å². The van der Waals surface area contributed by atoms with Crippen molar-refractivity contribution >= 4 is 29.4 Å². The number of unbranched alkanes of at least 4 members (excludes halogenated alkanes) is 13. The first kappa shape index (κ1) is 52.4. The van der Waals surface area contributed by atoms with Gasteiger partial charge >= 0.3 is 0 Å². The maximum Gasteiger partial charge on any atom is 0.246 e. The summed E-state index contributed by atoms with van der Waals surface area (Å²) in [6.45, 7) is 3.41. The molecule has 18 nitrogen and oxygen atoms in total. The van der Waals surface area contributed by atoms with E-state index in [2.05, 4.69) is 41.9 Å². The van der Waals surface area contributed by atoms with E-state index < -0.39 is 23.9 Å². The van der Waals surface area contributed by atoms with Crippen molar-refractivity contribution in [2.75, 3.05) is 73.0 Å². The fourth-order valence-corrected chi connectivity index (χ4v) is 6.01. The molecule has 0 aromatic carbocycles. The number of aromatic nitrogens is 4. The zero-order chi connectivity index (χ0) is 42.3. The van der Waals surface area contributed by atoms with Crippen LogP contribution in [-0.4, -0.2) is 135 Å². The van der Waals surface area contributed by atoms with Gasteiger partial charge in [0.1, 0.15) is 31.1 Å². The molecule has 0 saturated carbocycles. The molecular weight excluding hydrogens is 750 g/mol. The monoisotopic (exact) mass is 826 g/mol. The summed E-state index contributed by atoms with van der Waals surface area (Å²) in [6.07, 6.45) is 20.9. The highest BCUT2D eigenvalue weighted by molar-refractivity contribution is 5.92. The van der Waals surface area contributed by atoms with E-state index in [0.717, 1.165) is 44.3 Å². The standard InChI is InChI=1S/C40H75N9O9/c1-3-4-21-34(39(53)42-2)45-40(54)35(30-41)44-38(52)32-58-29-27-56-25-23-43-37(51)31-57-28-26-55-24-18-20-33(50)19-16-14-12-10-8-6-5-7-9-11-13-15-17-22-36-46-48-49-47-36/h34-35H,3-32,41H2,1-2H3,(H,42,53)(H,43,51)(H,44,52)(H,45,54)(H,46,47,48,49)/t34-,35-/m0/s1. The van der Waals surface area contributed by atoms with Gasteiger partial charge in [0, 0.05) is 46.0 Å². The molecule has 1 rings (SSSR count). The van der Waals surface area contributed by atoms with E-state index in [1.165, 1.54) is 71.3 Å². The second-order valence-electron chi connectivity index (χ2n) is 14.4. The number of aryl methyl sites for hydroxylation is 1. The van der Waals surface area contributed by atoms with Crippen molar-refractivity contribution in [1.29, 1.82) is 0 Å². The highest BCUT2D eigenvalue weighted by atomic mass is 16.5. The van der Waals surface area contributed by atoms with Gasteiger partial charge in [0.2, 0.25) is 23.6 Å². The number of amides is 4. The Morgan fingerprint density at radius 1 is 0.638 bits per heavy atom. The maximum absolute atomic E-state index is 12.6. The van der Waals surface area contributed by atoms with Crippen LogP contribution in [-0.2, 0) is 49.3 Å². The van der Waals surface area contributed by atoms with Crippen LogP contribution >= 0.6 is 0 Å². The lowest BCUT2D eigenvalue weighted by Gasteiger charge is -2.21. The highest BCUT2D eigenvalue weighted by Crippen LogP contribution is 2.14. The minimum absolute atomic E-state index is 0.0983. The molecule has 1 heterocycles. The van der Waals surface area contributed by atoms with Crippen molar-refractivity contribution in [2.24, 2.45) is 5.73 Å². The van der Waals surface area contributed by atoms with Crippen molar-refractivity contribution < 1.29 is 42.9 Å². The molecule has 4 amide bonds. The van der Waals surface area contributed by atoms with Crippen molar-refractivity contribution in [3.05, 3.63) is 5.82 Å². The molecule has 18 heteroatoms. The first-order chi connectivity index (χ1) is 28.3. The molecule has 0 spiro atoms. The fourth-order valence-electron chi connectivity index (χ4n) is 6.01. The van der Waals surface area contributed by atoms with Crippen LogP contribution in [0.2, 0.25) is 0 Å². The number of likely N-dealkylation sites (N-methyl/N-ethyl adjacent to an activating group) is 1. The van der Waals surface area contributed by atoms with E-state index in [4.69, 9.17) is 24.7 Å². The van der Waals surface area contributed by atoms with E-state index in [1.807, 2.05) is 6.92 Å². The molecule has 0 aliphatic rings. The molecule has 0 fully saturated rings. The lowest BCUT2D eigenvalue weighted by Crippen LogP contribution is -2.56. The smallest absolute Gasteiger partial charge is 0.246 e. The number of nitrogens with one attached hydrogen (secondary N) is 5. The summed E-state index contributed by atoms with van der Waals surface area (Å²) in [7, 11) is 1.49. The lowest BCUT2D eigenvalue weighted by atomic mass is 10.0. The SMILES string of the molecule is CCCC[C@H](NC(=O)[C@H](CN)NC(=O)COCCOCCNC(=O)COCCOCCCC(=O)CCCCCCCCCCCCCCCc1nn[nH]n1)C(=O)NC. The van der Waals surface area contributed by atoms with Crippen LogP contribution in [0.15, 0.2) is 0 Å². The Bertz CT molecular complexity index is 1190. The third-order valence-corrected chi connectivity index (χ3v) is 9.38. The van der Waals surface area contributed by atoms with Gasteiger partial charge in [-0.05, 0) is 25.7 Å². The second-order valence-corrected chi connectivity index (χ2v) is 14.4. The molecule has 58 heavy (non-hydrogen) atoms. The van der Waals surface area contributed by atoms with Crippen LogP contribution in [0, 0.1) is 0 Å². The van der Waals surface area contributed by atoms with Gasteiger partial charge in [0.25, 0.3) is 0 Å². The first-order valence-electron chi connectivity index (χ1n) is 21.6. The van der Waals surface area contributed by atoms with E-state index in [1.54, 1.807) is 0 Å². The number of ketones is 1. The van der Waals surface area contributed by atoms with Gasteiger partial charge in [-0.1, -0.05) is 95.6 Å². The van der Waals surface area contributed by atoms with E-state index in [-0.39, 0.29) is 64.5 Å². The van der Waals surface area contributed by atoms with E-state index >= 15 is 0 Å². The number of rotatable bonds is 41. The molecule has 1 aromatic heterocycles. The Labute approximate surface area is 345 Å². The highest BCUT2D eigenvalue weighted by Gasteiger charge is 2.25. The van der Waals surface area contributed by atoms with Crippen molar-refractivity contribution in [1.82, 2.24) is 41.9 Å². The predicted molar refractivity (Wildman–Crippen MR) is 220 cm³/mol. The summed E-state index contributed by atoms with van der Waals surface area (Å²) >= 11 is 0. The Hall–Kier alpha value is -3.58. The number of H-pyrrole nitrogens is 1. The molecular formula is C40H75N9O9. The zero-order valence-corrected chi connectivity index (χ0v) is 35.5. The lowest BCUT2D eigenvalue weighted by molar-refractivity contribution is -0.133. The zero-order valence-electron chi connectivity index (χ0n) is 35.5. The number of aromatic amines is 1. The number of nitrogens with zero attached hydrogens (tertiary/aromatic N) is 3. The molecule has 2 atom stereocenters. The van der Waals surface area contributed by atoms with Crippen LogP contribution < -0.4 is 27.0 Å². The number of nitrogens with two attached hydrogens (primary N) is 1. The van der Waals surface area contributed by atoms with Crippen molar-refractivity contribution in [3.8, 4) is 0 Å². The van der Waals surface area contributed by atoms with Gasteiger partial charge in [-0.15, -0.1) is 10.2 Å². The van der Waals surface area contributed by atoms with Gasteiger partial charge in [-0.25, -0.2) is 0 Å². The van der Waals surface area contributed by atoms with Crippen LogP contribution in [0.1, 0.15) is 135 Å². The molecule has 0 radical (unpaired) electrons. The number of hydrogen-bond donors (Lipinski definition) is 6. The maximum atomic E-state index is 12.6. The third-order valence-electron chi connectivity index (χ3n) is 9.38. The van der Waals surface area contributed by atoms with Gasteiger partial charge < -0.3 is 45.9 Å². The summed E-state index contributed by atoms with van der Waals surface area (Å²) in [6, 6.07) is -1.71. The number of carbonyl (C=O) groups is 5. The van der Waals surface area contributed by atoms with E-state index in [0.29, 0.717) is 44.7 Å². The van der Waals surface area contributed by atoms with Crippen LogP contribution in [0.5, 0.6) is 0 Å². The quantitative estimate of drug-likeness (QED) is 0.0521. The number of ether oxygens (including phenoxy) is 4. The molecule has 7 N–H and O–H groups in total. The van der Waals surface area contributed by atoms with Gasteiger partial charge in [-0.3, -0.25) is 24.0 Å². The third kappa shape index (κ3) is 30.5. The molecule has 0 saturated heterocycles. The largest absolute Gasteiger partial charge is 0.379 e. The Kier molecular flexibility index (Phi) is 34.1. The van der Waals surface area contributed by atoms with Crippen LogP contribution in [0.25, 0.3) is 0 Å². The minimum Gasteiger partial charge on any atom is -0.379 e. The summed E-state index contributed by atoms with van der Waals surface area (Å²) in [5.74, 6) is -0.552. The van der Waals surface area contributed by atoms with Gasteiger partial charge in [0.15, 0.2) is 5.82 Å².